The van der Waals surface area contributed by atoms with Crippen molar-refractivity contribution < 1.29 is 9.53 Å². The first-order chi connectivity index (χ1) is 14.2. The molecule has 0 aliphatic carbocycles. The average Bonchev–Trinajstić information content (AvgIpc) is 3.45. The fraction of sp³-hybridized carbons (Fsp3) is 0.474. The van der Waals surface area contributed by atoms with Gasteiger partial charge in [-0.25, -0.2) is 0 Å². The fourth-order valence-electron chi connectivity index (χ4n) is 4.26. The lowest BCUT2D eigenvalue weighted by Gasteiger charge is -2.22. The van der Waals surface area contributed by atoms with Gasteiger partial charge in [-0.2, -0.15) is 4.52 Å². The highest BCUT2D eigenvalue weighted by molar-refractivity contribution is 5.92. The standard InChI is InChI=1S/C19H22N8O2/c1-3-15-21-22-16-5-6-17(24-27(15)16)25-8-12-10-26(11-13(12)9-25)19(28)14-4-7-18(29-2)23-20-14/h4-7,12-13H,3,8-11H2,1-2H3. The highest BCUT2D eigenvalue weighted by atomic mass is 16.5. The van der Waals surface area contributed by atoms with Crippen LogP contribution in [0.4, 0.5) is 5.82 Å². The summed E-state index contributed by atoms with van der Waals surface area (Å²) in [7, 11) is 1.53. The van der Waals surface area contributed by atoms with E-state index in [1.54, 1.807) is 12.1 Å². The molecule has 1 amide bonds. The molecular formula is C19H22N8O2. The molecule has 5 rings (SSSR count). The van der Waals surface area contributed by atoms with E-state index in [0.717, 1.165) is 49.9 Å². The van der Waals surface area contributed by atoms with Crippen molar-refractivity contribution in [1.29, 1.82) is 0 Å². The van der Waals surface area contributed by atoms with E-state index in [0.29, 0.717) is 23.4 Å². The number of nitrogens with zero attached hydrogens (tertiary/aromatic N) is 8. The van der Waals surface area contributed by atoms with Crippen LogP contribution in [0.2, 0.25) is 0 Å². The van der Waals surface area contributed by atoms with Crippen molar-refractivity contribution in [2.75, 3.05) is 38.2 Å². The van der Waals surface area contributed by atoms with E-state index >= 15 is 0 Å². The molecule has 29 heavy (non-hydrogen) atoms. The monoisotopic (exact) mass is 394 g/mol. The van der Waals surface area contributed by atoms with Gasteiger partial charge in [0.05, 0.1) is 7.11 Å². The van der Waals surface area contributed by atoms with Gasteiger partial charge in [-0.1, -0.05) is 6.92 Å². The Morgan fingerprint density at radius 1 is 1.03 bits per heavy atom. The Morgan fingerprint density at radius 2 is 1.83 bits per heavy atom. The van der Waals surface area contributed by atoms with Crippen molar-refractivity contribution >= 4 is 17.4 Å². The maximum atomic E-state index is 12.8. The smallest absolute Gasteiger partial charge is 0.274 e. The number of aryl methyl sites for hydroxylation is 1. The molecule has 5 heterocycles. The third-order valence-corrected chi connectivity index (χ3v) is 5.80. The van der Waals surface area contributed by atoms with Crippen LogP contribution in [-0.2, 0) is 6.42 Å². The number of carbonyl (C=O) groups is 1. The van der Waals surface area contributed by atoms with Crippen LogP contribution in [0, 0.1) is 11.8 Å². The molecule has 10 heteroatoms. The molecule has 0 N–H and O–H groups in total. The summed E-state index contributed by atoms with van der Waals surface area (Å²) < 4.78 is 6.83. The van der Waals surface area contributed by atoms with Crippen molar-refractivity contribution in [3.05, 3.63) is 35.8 Å². The van der Waals surface area contributed by atoms with Gasteiger partial charge in [-0.05, 0) is 18.2 Å². The highest BCUT2D eigenvalue weighted by Gasteiger charge is 2.42. The molecule has 0 spiro atoms. The zero-order chi connectivity index (χ0) is 20.0. The molecule has 2 atom stereocenters. The number of fused-ring (bicyclic) bond motifs is 2. The molecular weight excluding hydrogens is 372 g/mol. The maximum absolute atomic E-state index is 12.8. The first kappa shape index (κ1) is 17.8. The van der Waals surface area contributed by atoms with Gasteiger partial charge in [0.2, 0.25) is 5.88 Å². The number of amides is 1. The average molecular weight is 394 g/mol. The Bertz CT molecular complexity index is 1040. The van der Waals surface area contributed by atoms with Gasteiger partial charge < -0.3 is 14.5 Å². The molecule has 0 saturated carbocycles. The second kappa shape index (κ2) is 6.94. The van der Waals surface area contributed by atoms with Crippen LogP contribution in [0.5, 0.6) is 5.88 Å². The molecule has 2 saturated heterocycles. The van der Waals surface area contributed by atoms with Gasteiger partial charge in [0.25, 0.3) is 5.91 Å². The molecule has 150 valence electrons. The number of hydrogen-bond acceptors (Lipinski definition) is 8. The van der Waals surface area contributed by atoms with Crippen molar-refractivity contribution in [3.63, 3.8) is 0 Å². The van der Waals surface area contributed by atoms with Crippen LogP contribution < -0.4 is 9.64 Å². The lowest BCUT2D eigenvalue weighted by atomic mass is 10.0. The highest BCUT2D eigenvalue weighted by Crippen LogP contribution is 2.33. The Balaban J connectivity index is 1.27. The van der Waals surface area contributed by atoms with E-state index in [1.165, 1.54) is 7.11 Å². The lowest BCUT2D eigenvalue weighted by Crippen LogP contribution is -2.34. The molecule has 2 aliphatic heterocycles. The van der Waals surface area contributed by atoms with Crippen LogP contribution in [0.1, 0.15) is 23.2 Å². The minimum atomic E-state index is -0.0716. The minimum absolute atomic E-state index is 0.0716. The summed E-state index contributed by atoms with van der Waals surface area (Å²) in [6, 6.07) is 7.29. The summed E-state index contributed by atoms with van der Waals surface area (Å²) in [4.78, 5) is 16.9. The fourth-order valence-corrected chi connectivity index (χ4v) is 4.26. The second-order valence-electron chi connectivity index (χ2n) is 7.53. The van der Waals surface area contributed by atoms with E-state index in [1.807, 2.05) is 28.5 Å². The first-order valence-electron chi connectivity index (χ1n) is 9.79. The molecule has 2 aliphatic rings. The summed E-state index contributed by atoms with van der Waals surface area (Å²) in [6.45, 7) is 5.26. The normalized spacial score (nSPS) is 21.0. The van der Waals surface area contributed by atoms with Crippen LogP contribution >= 0.6 is 0 Å². The van der Waals surface area contributed by atoms with Gasteiger partial charge in [-0.15, -0.1) is 25.5 Å². The summed E-state index contributed by atoms with van der Waals surface area (Å²) in [6.07, 6.45) is 0.786. The third kappa shape index (κ3) is 3.04. The summed E-state index contributed by atoms with van der Waals surface area (Å²) in [5.41, 5.74) is 1.12. The van der Waals surface area contributed by atoms with Gasteiger partial charge in [0, 0.05) is 50.5 Å². The number of methoxy groups -OCH3 is 1. The van der Waals surface area contributed by atoms with Gasteiger partial charge >= 0.3 is 0 Å². The van der Waals surface area contributed by atoms with Gasteiger partial charge in [-0.3, -0.25) is 4.79 Å². The number of hydrogen-bond donors (Lipinski definition) is 0. The number of rotatable bonds is 4. The lowest BCUT2D eigenvalue weighted by molar-refractivity contribution is 0.0775. The minimum Gasteiger partial charge on any atom is -0.480 e. The van der Waals surface area contributed by atoms with Crippen molar-refractivity contribution in [3.8, 4) is 5.88 Å². The maximum Gasteiger partial charge on any atom is 0.274 e. The molecule has 0 aromatic carbocycles. The molecule has 0 bridgehead atoms. The van der Waals surface area contributed by atoms with E-state index < -0.39 is 0 Å². The van der Waals surface area contributed by atoms with Crippen molar-refractivity contribution in [2.45, 2.75) is 13.3 Å². The molecule has 3 aromatic heterocycles. The van der Waals surface area contributed by atoms with E-state index in [4.69, 9.17) is 9.84 Å². The Morgan fingerprint density at radius 3 is 2.48 bits per heavy atom. The third-order valence-electron chi connectivity index (χ3n) is 5.80. The number of carbonyl (C=O) groups excluding carboxylic acids is 1. The summed E-state index contributed by atoms with van der Waals surface area (Å²) in [5, 5.41) is 21.0. The Labute approximate surface area is 167 Å². The second-order valence-corrected chi connectivity index (χ2v) is 7.53. The van der Waals surface area contributed by atoms with E-state index in [-0.39, 0.29) is 5.91 Å². The summed E-state index contributed by atoms with van der Waals surface area (Å²) >= 11 is 0. The van der Waals surface area contributed by atoms with Gasteiger partial charge in [0.15, 0.2) is 17.2 Å². The number of likely N-dealkylation sites (tertiary alicyclic amines) is 1. The number of ether oxygens (including phenoxy) is 1. The zero-order valence-corrected chi connectivity index (χ0v) is 16.4. The predicted molar refractivity (Wildman–Crippen MR) is 104 cm³/mol. The van der Waals surface area contributed by atoms with Gasteiger partial charge in [0.1, 0.15) is 5.82 Å². The van der Waals surface area contributed by atoms with Crippen LogP contribution in [0.25, 0.3) is 5.65 Å². The number of anilines is 1. The Kier molecular flexibility index (Phi) is 4.26. The largest absolute Gasteiger partial charge is 0.480 e. The molecule has 2 unspecified atom stereocenters. The van der Waals surface area contributed by atoms with Crippen LogP contribution in [-0.4, -0.2) is 74.1 Å². The van der Waals surface area contributed by atoms with Crippen molar-refractivity contribution in [2.24, 2.45) is 11.8 Å². The quantitative estimate of drug-likeness (QED) is 0.637. The van der Waals surface area contributed by atoms with Crippen LogP contribution in [0.15, 0.2) is 24.3 Å². The topological polar surface area (TPSA) is 102 Å². The predicted octanol–water partition coefficient (Wildman–Crippen LogP) is 0.694. The molecule has 10 nitrogen and oxygen atoms in total. The molecule has 0 radical (unpaired) electrons. The Hall–Kier alpha value is -3.30. The number of aromatic nitrogens is 6. The van der Waals surface area contributed by atoms with Crippen molar-refractivity contribution in [1.82, 2.24) is 34.9 Å². The zero-order valence-electron chi connectivity index (χ0n) is 16.4. The van der Waals surface area contributed by atoms with Crippen LogP contribution in [0.3, 0.4) is 0 Å². The first-order valence-corrected chi connectivity index (χ1v) is 9.79. The molecule has 3 aromatic rings. The SMILES string of the molecule is CCc1nnc2ccc(N3CC4CN(C(=O)c5ccc(OC)nn5)CC4C3)nn12. The molecule has 2 fully saturated rings. The van der Waals surface area contributed by atoms with E-state index in [2.05, 4.69) is 25.3 Å². The summed E-state index contributed by atoms with van der Waals surface area (Å²) in [5.74, 6) is 2.97. The van der Waals surface area contributed by atoms with E-state index in [9.17, 15) is 4.79 Å².